The number of amides is 1. The second-order valence-corrected chi connectivity index (χ2v) is 9.05. The summed E-state index contributed by atoms with van der Waals surface area (Å²) < 4.78 is 5.93. The topological polar surface area (TPSA) is 58.6 Å². The van der Waals surface area contributed by atoms with Crippen molar-refractivity contribution in [1.29, 1.82) is 0 Å². The molecule has 4 rings (SSSR count). The summed E-state index contributed by atoms with van der Waals surface area (Å²) in [5.41, 5.74) is 3.15. The molecule has 1 amide bonds. The van der Waals surface area contributed by atoms with Gasteiger partial charge in [0.15, 0.2) is 12.4 Å². The molecule has 7 heteroatoms. The Hall–Kier alpha value is -2.93. The molecule has 0 N–H and O–H groups in total. The molecule has 1 fully saturated rings. The Morgan fingerprint density at radius 1 is 1.10 bits per heavy atom. The third-order valence-corrected chi connectivity index (χ3v) is 6.42. The molecule has 0 spiro atoms. The van der Waals surface area contributed by atoms with Crippen molar-refractivity contribution in [2.75, 3.05) is 37.7 Å². The molecule has 2 aromatic heterocycles. The van der Waals surface area contributed by atoms with E-state index in [4.69, 9.17) is 4.74 Å². The van der Waals surface area contributed by atoms with Gasteiger partial charge in [-0.15, -0.1) is 21.5 Å². The molecule has 0 radical (unpaired) electrons. The highest BCUT2D eigenvalue weighted by molar-refractivity contribution is 7.13. The fraction of sp³-hybridized carbons (Fsp3) is 0.375. The zero-order valence-electron chi connectivity index (χ0n) is 18.2. The van der Waals surface area contributed by atoms with E-state index in [0.29, 0.717) is 19.0 Å². The minimum absolute atomic E-state index is 0.0231. The maximum atomic E-state index is 12.7. The molecule has 0 bridgehead atoms. The fourth-order valence-corrected chi connectivity index (χ4v) is 4.40. The van der Waals surface area contributed by atoms with E-state index >= 15 is 0 Å². The van der Waals surface area contributed by atoms with Crippen molar-refractivity contribution >= 4 is 23.1 Å². The van der Waals surface area contributed by atoms with Gasteiger partial charge in [0.2, 0.25) is 0 Å². The van der Waals surface area contributed by atoms with Crippen LogP contribution in [0.15, 0.2) is 47.8 Å². The number of benzene rings is 1. The van der Waals surface area contributed by atoms with E-state index in [2.05, 4.69) is 41.1 Å². The second-order valence-electron chi connectivity index (χ2n) is 8.11. The quantitative estimate of drug-likeness (QED) is 0.574. The molecule has 6 nitrogen and oxygen atoms in total. The normalized spacial score (nSPS) is 14.2. The van der Waals surface area contributed by atoms with Crippen molar-refractivity contribution in [3.8, 4) is 16.3 Å². The van der Waals surface area contributed by atoms with Crippen LogP contribution in [0.1, 0.15) is 30.9 Å². The monoisotopic (exact) mass is 436 g/mol. The molecule has 3 heterocycles. The third-order valence-electron chi connectivity index (χ3n) is 5.52. The molecule has 0 saturated carbocycles. The summed E-state index contributed by atoms with van der Waals surface area (Å²) in [6.07, 6.45) is 0. The maximum absolute atomic E-state index is 12.7. The Labute approximate surface area is 187 Å². The summed E-state index contributed by atoms with van der Waals surface area (Å²) in [6.45, 7) is 9.15. The summed E-state index contributed by atoms with van der Waals surface area (Å²) in [6, 6.07) is 14.3. The van der Waals surface area contributed by atoms with Crippen LogP contribution in [0.2, 0.25) is 0 Å². The predicted octanol–water partition coefficient (Wildman–Crippen LogP) is 4.36. The Kier molecular flexibility index (Phi) is 6.51. The van der Waals surface area contributed by atoms with E-state index in [9.17, 15) is 4.79 Å². The molecule has 0 unspecified atom stereocenters. The van der Waals surface area contributed by atoms with Crippen molar-refractivity contribution in [2.24, 2.45) is 0 Å². The Morgan fingerprint density at radius 2 is 1.90 bits per heavy atom. The van der Waals surface area contributed by atoms with E-state index < -0.39 is 0 Å². The molecular formula is C24H28N4O2S. The lowest BCUT2D eigenvalue weighted by Gasteiger charge is -2.35. The highest BCUT2D eigenvalue weighted by Gasteiger charge is 2.23. The van der Waals surface area contributed by atoms with Crippen LogP contribution in [0.5, 0.6) is 5.75 Å². The number of carbonyl (C=O) groups excluding carboxylic acids is 1. The lowest BCUT2D eigenvalue weighted by molar-refractivity contribution is -0.133. The van der Waals surface area contributed by atoms with Gasteiger partial charge in [-0.1, -0.05) is 32.0 Å². The highest BCUT2D eigenvalue weighted by Crippen LogP contribution is 2.28. The number of carbonyl (C=O) groups is 1. The minimum atomic E-state index is 0.0231. The average molecular weight is 437 g/mol. The van der Waals surface area contributed by atoms with Gasteiger partial charge in [-0.05, 0) is 53.6 Å². The first-order valence-corrected chi connectivity index (χ1v) is 11.5. The summed E-state index contributed by atoms with van der Waals surface area (Å²) in [7, 11) is 0. The van der Waals surface area contributed by atoms with Crippen molar-refractivity contribution in [3.05, 3.63) is 59.0 Å². The zero-order valence-corrected chi connectivity index (χ0v) is 19.1. The highest BCUT2D eigenvalue weighted by atomic mass is 32.1. The fourth-order valence-electron chi connectivity index (χ4n) is 3.71. The molecule has 1 aliphatic rings. The lowest BCUT2D eigenvalue weighted by atomic mass is 10.0. The largest absolute Gasteiger partial charge is 0.483 e. The van der Waals surface area contributed by atoms with Gasteiger partial charge in [-0.3, -0.25) is 4.79 Å². The maximum Gasteiger partial charge on any atom is 0.260 e. The smallest absolute Gasteiger partial charge is 0.260 e. The van der Waals surface area contributed by atoms with Gasteiger partial charge in [0.25, 0.3) is 5.91 Å². The van der Waals surface area contributed by atoms with Crippen molar-refractivity contribution < 1.29 is 9.53 Å². The van der Waals surface area contributed by atoms with Crippen LogP contribution < -0.4 is 9.64 Å². The number of aryl methyl sites for hydroxylation is 1. The number of anilines is 1. The number of thiophene rings is 1. The number of nitrogens with zero attached hydrogens (tertiary/aromatic N) is 4. The summed E-state index contributed by atoms with van der Waals surface area (Å²) in [5, 5.41) is 10.8. The first-order chi connectivity index (χ1) is 15.0. The lowest BCUT2D eigenvalue weighted by Crippen LogP contribution is -2.50. The second kappa shape index (κ2) is 9.47. The number of hydrogen-bond acceptors (Lipinski definition) is 6. The van der Waals surface area contributed by atoms with Crippen LogP contribution in [0, 0.1) is 6.92 Å². The van der Waals surface area contributed by atoms with Gasteiger partial charge in [-0.2, -0.15) is 0 Å². The van der Waals surface area contributed by atoms with Crippen molar-refractivity contribution in [2.45, 2.75) is 26.7 Å². The summed E-state index contributed by atoms with van der Waals surface area (Å²) >= 11 is 1.65. The van der Waals surface area contributed by atoms with E-state index in [1.165, 1.54) is 0 Å². The third kappa shape index (κ3) is 5.05. The van der Waals surface area contributed by atoms with Gasteiger partial charge < -0.3 is 14.5 Å². The zero-order chi connectivity index (χ0) is 21.8. The Bertz CT molecular complexity index is 1010. The van der Waals surface area contributed by atoms with Gasteiger partial charge >= 0.3 is 0 Å². The van der Waals surface area contributed by atoms with E-state index in [1.54, 1.807) is 11.3 Å². The van der Waals surface area contributed by atoms with Crippen LogP contribution in [-0.4, -0.2) is 53.8 Å². The molecule has 0 aliphatic carbocycles. The first-order valence-electron chi connectivity index (χ1n) is 10.6. The molecule has 1 aliphatic heterocycles. The van der Waals surface area contributed by atoms with Gasteiger partial charge in [0.1, 0.15) is 11.4 Å². The standard InChI is InChI=1S/C24H28N4O2S/c1-17(2)19-7-6-18(3)15-21(19)30-16-24(29)28-12-10-27(11-13-28)23-9-8-20(25-26-23)22-5-4-14-31-22/h4-9,14-15,17H,10-13,16H2,1-3H3. The van der Waals surface area contributed by atoms with Gasteiger partial charge in [-0.25, -0.2) is 0 Å². The average Bonchev–Trinajstić information content (AvgIpc) is 3.32. The van der Waals surface area contributed by atoms with Crippen LogP contribution >= 0.6 is 11.3 Å². The van der Waals surface area contributed by atoms with Crippen molar-refractivity contribution in [3.63, 3.8) is 0 Å². The summed E-state index contributed by atoms with van der Waals surface area (Å²) in [4.78, 5) is 17.9. The van der Waals surface area contributed by atoms with Crippen LogP contribution in [-0.2, 0) is 4.79 Å². The number of piperazine rings is 1. The predicted molar refractivity (Wildman–Crippen MR) is 125 cm³/mol. The molecule has 0 atom stereocenters. The molecule has 1 aromatic carbocycles. The number of ether oxygens (including phenoxy) is 1. The first kappa shape index (κ1) is 21.3. The van der Waals surface area contributed by atoms with Crippen molar-refractivity contribution in [1.82, 2.24) is 15.1 Å². The van der Waals surface area contributed by atoms with Crippen LogP contribution in [0.25, 0.3) is 10.6 Å². The van der Waals surface area contributed by atoms with Crippen LogP contribution in [0.4, 0.5) is 5.82 Å². The van der Waals surface area contributed by atoms with Gasteiger partial charge in [0.05, 0.1) is 4.88 Å². The van der Waals surface area contributed by atoms with E-state index in [1.807, 2.05) is 47.5 Å². The number of hydrogen-bond donors (Lipinski definition) is 0. The summed E-state index contributed by atoms with van der Waals surface area (Å²) in [5.74, 6) is 2.03. The minimum Gasteiger partial charge on any atom is -0.483 e. The molecule has 1 saturated heterocycles. The molecule has 3 aromatic rings. The van der Waals surface area contributed by atoms with Crippen LogP contribution in [0.3, 0.4) is 0 Å². The van der Waals surface area contributed by atoms with E-state index in [-0.39, 0.29) is 12.5 Å². The molecule has 162 valence electrons. The Morgan fingerprint density at radius 3 is 2.55 bits per heavy atom. The van der Waals surface area contributed by atoms with Gasteiger partial charge in [0, 0.05) is 26.2 Å². The molecule has 31 heavy (non-hydrogen) atoms. The molecular weight excluding hydrogens is 408 g/mol. The Balaban J connectivity index is 1.31. The van der Waals surface area contributed by atoms with E-state index in [0.717, 1.165) is 46.4 Å². The SMILES string of the molecule is Cc1ccc(C(C)C)c(OCC(=O)N2CCN(c3ccc(-c4cccs4)nn3)CC2)c1. The number of rotatable bonds is 6. The number of aromatic nitrogens is 2.